The van der Waals surface area contributed by atoms with Crippen LogP contribution in [0, 0.1) is 0 Å². The Bertz CT molecular complexity index is 1350. The lowest BCUT2D eigenvalue weighted by molar-refractivity contribution is -0.139. The zero-order valence-corrected chi connectivity index (χ0v) is 23.5. The number of hydrogen-bond acceptors (Lipinski definition) is 6. The van der Waals surface area contributed by atoms with E-state index >= 15 is 0 Å². The maximum Gasteiger partial charge on any atom is 0.264 e. The number of sulfonamides is 1. The SMILES string of the molecule is CCCNC(=O)[C@H](C)N(Cc1cccc(OC)c1)C(=O)CN(c1ccc(OC)cc1)S(=O)(=O)c1ccccc1. The van der Waals surface area contributed by atoms with Gasteiger partial charge in [-0.25, -0.2) is 8.42 Å². The fraction of sp³-hybridized carbons (Fsp3) is 0.310. The van der Waals surface area contributed by atoms with Crippen LogP contribution in [0.25, 0.3) is 0 Å². The van der Waals surface area contributed by atoms with Gasteiger partial charge in [0.15, 0.2) is 0 Å². The maximum absolute atomic E-state index is 13.9. The predicted molar refractivity (Wildman–Crippen MR) is 150 cm³/mol. The lowest BCUT2D eigenvalue weighted by Gasteiger charge is -2.32. The van der Waals surface area contributed by atoms with E-state index in [1.54, 1.807) is 74.7 Å². The summed E-state index contributed by atoms with van der Waals surface area (Å²) in [6.45, 7) is 3.60. The lowest BCUT2D eigenvalue weighted by Crippen LogP contribution is -2.51. The van der Waals surface area contributed by atoms with Gasteiger partial charge in [-0.1, -0.05) is 37.3 Å². The molecule has 0 saturated heterocycles. The van der Waals surface area contributed by atoms with Gasteiger partial charge in [-0.2, -0.15) is 0 Å². The third-order valence-electron chi connectivity index (χ3n) is 6.17. The van der Waals surface area contributed by atoms with E-state index in [9.17, 15) is 18.0 Å². The average Bonchev–Trinajstić information content (AvgIpc) is 2.97. The van der Waals surface area contributed by atoms with Gasteiger partial charge >= 0.3 is 0 Å². The van der Waals surface area contributed by atoms with Crippen molar-refractivity contribution in [1.29, 1.82) is 0 Å². The summed E-state index contributed by atoms with van der Waals surface area (Å²) < 4.78 is 39.1. The lowest BCUT2D eigenvalue weighted by atomic mass is 10.1. The Balaban J connectivity index is 2.01. The molecule has 3 aromatic carbocycles. The number of carbonyl (C=O) groups excluding carboxylic acids is 2. The standard InChI is InChI=1S/C29H35N3O6S/c1-5-18-30-29(34)22(2)31(20-23-10-9-11-26(19-23)38-4)28(33)21-32(24-14-16-25(37-3)17-15-24)39(35,36)27-12-7-6-8-13-27/h6-17,19,22H,5,18,20-21H2,1-4H3,(H,30,34)/t22-/m0/s1. The molecule has 39 heavy (non-hydrogen) atoms. The van der Waals surface area contributed by atoms with Crippen LogP contribution < -0.4 is 19.1 Å². The number of methoxy groups -OCH3 is 2. The van der Waals surface area contributed by atoms with Gasteiger partial charge in [0.2, 0.25) is 11.8 Å². The second-order valence-corrected chi connectivity index (χ2v) is 10.7. The van der Waals surface area contributed by atoms with Gasteiger partial charge < -0.3 is 19.7 Å². The Morgan fingerprint density at radius 2 is 1.56 bits per heavy atom. The molecule has 0 heterocycles. The highest BCUT2D eigenvalue weighted by atomic mass is 32.2. The normalized spacial score (nSPS) is 11.8. The first-order valence-corrected chi connectivity index (χ1v) is 14.1. The van der Waals surface area contributed by atoms with Crippen LogP contribution in [0.5, 0.6) is 11.5 Å². The van der Waals surface area contributed by atoms with Crippen molar-refractivity contribution in [2.24, 2.45) is 0 Å². The van der Waals surface area contributed by atoms with Crippen LogP contribution in [-0.4, -0.2) is 58.5 Å². The van der Waals surface area contributed by atoms with Gasteiger partial charge in [0, 0.05) is 13.1 Å². The fourth-order valence-electron chi connectivity index (χ4n) is 3.94. The van der Waals surface area contributed by atoms with E-state index in [0.29, 0.717) is 18.0 Å². The van der Waals surface area contributed by atoms with Crippen molar-refractivity contribution in [3.8, 4) is 11.5 Å². The number of rotatable bonds is 13. The van der Waals surface area contributed by atoms with Crippen molar-refractivity contribution in [2.45, 2.75) is 37.8 Å². The molecule has 1 N–H and O–H groups in total. The molecule has 2 amide bonds. The summed E-state index contributed by atoms with van der Waals surface area (Å²) in [5.74, 6) is 0.291. The van der Waals surface area contributed by atoms with Gasteiger partial charge in [0.1, 0.15) is 24.1 Å². The third kappa shape index (κ3) is 7.51. The molecule has 0 aliphatic rings. The van der Waals surface area contributed by atoms with E-state index in [4.69, 9.17) is 9.47 Å². The summed E-state index contributed by atoms with van der Waals surface area (Å²) in [4.78, 5) is 28.2. The van der Waals surface area contributed by atoms with E-state index in [-0.39, 0.29) is 23.0 Å². The number of carbonyl (C=O) groups is 2. The van der Waals surface area contributed by atoms with Crippen molar-refractivity contribution in [3.05, 3.63) is 84.4 Å². The molecule has 0 aliphatic heterocycles. The minimum Gasteiger partial charge on any atom is -0.497 e. The summed E-state index contributed by atoms with van der Waals surface area (Å²) in [5.41, 5.74) is 1.03. The van der Waals surface area contributed by atoms with Gasteiger partial charge in [-0.15, -0.1) is 0 Å². The number of amides is 2. The molecule has 0 saturated carbocycles. The van der Waals surface area contributed by atoms with E-state index in [0.717, 1.165) is 16.3 Å². The van der Waals surface area contributed by atoms with E-state index in [2.05, 4.69) is 5.32 Å². The van der Waals surface area contributed by atoms with Crippen molar-refractivity contribution in [2.75, 3.05) is 31.6 Å². The summed E-state index contributed by atoms with van der Waals surface area (Å²) in [6.07, 6.45) is 0.739. The average molecular weight is 554 g/mol. The second kappa shape index (κ2) is 13.7. The van der Waals surface area contributed by atoms with Crippen LogP contribution in [-0.2, 0) is 26.2 Å². The smallest absolute Gasteiger partial charge is 0.264 e. The molecule has 3 aromatic rings. The highest BCUT2D eigenvalue weighted by Crippen LogP contribution is 2.26. The number of anilines is 1. The largest absolute Gasteiger partial charge is 0.497 e. The predicted octanol–water partition coefficient (Wildman–Crippen LogP) is 3.84. The van der Waals surface area contributed by atoms with E-state index < -0.39 is 28.5 Å². The first-order chi connectivity index (χ1) is 18.7. The van der Waals surface area contributed by atoms with Gasteiger partial charge in [0.05, 0.1) is 24.8 Å². The molecule has 0 aromatic heterocycles. The molecule has 9 nitrogen and oxygen atoms in total. The Morgan fingerprint density at radius 1 is 0.897 bits per heavy atom. The molecule has 208 valence electrons. The first-order valence-electron chi connectivity index (χ1n) is 12.6. The highest BCUT2D eigenvalue weighted by Gasteiger charge is 2.32. The quantitative estimate of drug-likeness (QED) is 0.345. The van der Waals surface area contributed by atoms with Crippen molar-refractivity contribution in [3.63, 3.8) is 0 Å². The molecule has 0 aliphatic carbocycles. The van der Waals surface area contributed by atoms with Crippen molar-refractivity contribution in [1.82, 2.24) is 10.2 Å². The van der Waals surface area contributed by atoms with Gasteiger partial charge in [0.25, 0.3) is 10.0 Å². The molecule has 0 bridgehead atoms. The summed E-state index contributed by atoms with van der Waals surface area (Å²) in [6, 6.07) is 20.6. The second-order valence-electron chi connectivity index (χ2n) is 8.86. The van der Waals surface area contributed by atoms with Crippen LogP contribution in [0.4, 0.5) is 5.69 Å². The Morgan fingerprint density at radius 3 is 2.18 bits per heavy atom. The van der Waals surface area contributed by atoms with Gasteiger partial charge in [-0.3, -0.25) is 13.9 Å². The number of nitrogens with zero attached hydrogens (tertiary/aromatic N) is 2. The monoisotopic (exact) mass is 553 g/mol. The molecule has 3 rings (SSSR count). The number of ether oxygens (including phenoxy) is 2. The zero-order valence-electron chi connectivity index (χ0n) is 22.7. The number of nitrogens with one attached hydrogen (secondary N) is 1. The molecule has 0 radical (unpaired) electrons. The molecular weight excluding hydrogens is 518 g/mol. The fourth-order valence-corrected chi connectivity index (χ4v) is 5.38. The van der Waals surface area contributed by atoms with Crippen LogP contribution in [0.2, 0.25) is 0 Å². The minimum absolute atomic E-state index is 0.0432. The third-order valence-corrected chi connectivity index (χ3v) is 7.96. The van der Waals surface area contributed by atoms with Crippen LogP contribution in [0.1, 0.15) is 25.8 Å². The van der Waals surface area contributed by atoms with Crippen LogP contribution >= 0.6 is 0 Å². The van der Waals surface area contributed by atoms with Crippen molar-refractivity contribution >= 4 is 27.5 Å². The van der Waals surface area contributed by atoms with E-state index in [1.165, 1.54) is 24.1 Å². The Hall–Kier alpha value is -4.05. The van der Waals surface area contributed by atoms with Gasteiger partial charge in [-0.05, 0) is 67.4 Å². The number of hydrogen-bond donors (Lipinski definition) is 1. The van der Waals surface area contributed by atoms with E-state index in [1.807, 2.05) is 13.0 Å². The van der Waals surface area contributed by atoms with Crippen LogP contribution in [0.3, 0.4) is 0 Å². The first kappa shape index (κ1) is 29.5. The Labute approximate surface area is 230 Å². The molecule has 0 fully saturated rings. The highest BCUT2D eigenvalue weighted by molar-refractivity contribution is 7.92. The Kier molecular flexibility index (Phi) is 10.3. The molecule has 0 unspecified atom stereocenters. The molecular formula is C29H35N3O6S. The topological polar surface area (TPSA) is 105 Å². The molecule has 1 atom stereocenters. The number of benzene rings is 3. The zero-order chi connectivity index (χ0) is 28.4. The maximum atomic E-state index is 13.9. The molecule has 0 spiro atoms. The van der Waals surface area contributed by atoms with Crippen LogP contribution in [0.15, 0.2) is 83.8 Å². The summed E-state index contributed by atoms with van der Waals surface area (Å²) in [7, 11) is -1.06. The summed E-state index contributed by atoms with van der Waals surface area (Å²) >= 11 is 0. The van der Waals surface area contributed by atoms with Crippen molar-refractivity contribution < 1.29 is 27.5 Å². The molecule has 10 heteroatoms. The summed E-state index contributed by atoms with van der Waals surface area (Å²) in [5, 5.41) is 2.83. The minimum atomic E-state index is -4.12.